The highest BCUT2D eigenvalue weighted by Gasteiger charge is 2.23. The lowest BCUT2D eigenvalue weighted by molar-refractivity contribution is 1.28. The van der Waals surface area contributed by atoms with Crippen molar-refractivity contribution in [1.82, 2.24) is 89.7 Å². The molecule has 0 aliphatic rings. The van der Waals surface area contributed by atoms with Crippen LogP contribution in [-0.4, -0.2) is 89.7 Å². The molecule has 0 fully saturated rings. The molecule has 0 bridgehead atoms. The molecule has 0 spiro atoms. The van der Waals surface area contributed by atoms with Gasteiger partial charge in [0, 0.05) is 96.8 Å². The van der Waals surface area contributed by atoms with Crippen LogP contribution in [0.1, 0.15) is 0 Å². The van der Waals surface area contributed by atoms with Gasteiger partial charge in [0.2, 0.25) is 0 Å². The van der Waals surface area contributed by atoms with E-state index >= 15 is 0 Å². The Balaban J connectivity index is 0.493. The highest BCUT2D eigenvalue weighted by atomic mass is 32.2. The lowest BCUT2D eigenvalue weighted by atomic mass is 10.4. The molecule has 1 radical (unpaired) electrons. The first-order valence-electron chi connectivity index (χ1n) is 25.5. The number of nitrogens with zero attached hydrogens (tertiary/aromatic N) is 18. The predicted molar refractivity (Wildman–Crippen MR) is 380 cm³/mol. The molecule has 0 amide bonds. The van der Waals surface area contributed by atoms with Crippen LogP contribution in [0, 0.1) is 6.20 Å². The monoisotopic (exact) mass is 1490 g/mol. The normalized spacial score (nSPS) is 11.8. The van der Waals surface area contributed by atoms with Crippen molar-refractivity contribution < 1.29 is 0 Å². The fourth-order valence-corrected chi connectivity index (χ4v) is 23.0. The molecule has 0 aliphatic carbocycles. The molecule has 90 heavy (non-hydrogen) atoms. The largest absolute Gasteiger partial charge is 0.242 e. The second-order valence-electron chi connectivity index (χ2n) is 18.3. The van der Waals surface area contributed by atoms with Gasteiger partial charge < -0.3 is 0 Å². The van der Waals surface area contributed by atoms with E-state index in [0.717, 1.165) is 182 Å². The molecule has 0 atom stereocenters. The van der Waals surface area contributed by atoms with Crippen molar-refractivity contribution in [3.63, 3.8) is 0 Å². The predicted octanol–water partition coefficient (Wildman–Crippen LogP) is 20.0. The maximum Gasteiger partial charge on any atom is 0.143 e. The van der Waals surface area contributed by atoms with Gasteiger partial charge in [0.25, 0.3) is 0 Å². The van der Waals surface area contributed by atoms with E-state index < -0.39 is 0 Å². The number of thiazole rings is 18. The fraction of sp³-hybridized carbons (Fsp3) is 0. The Kier molecular flexibility index (Phi) is 14.8. The number of hydrogen-bond donors (Lipinski definition) is 0. The molecule has 36 heteroatoms. The fourth-order valence-electron chi connectivity index (χ4n) is 8.46. The Morgan fingerprint density at radius 1 is 0.178 bits per heavy atom. The highest BCUT2D eigenvalue weighted by molar-refractivity contribution is 7.21. The minimum atomic E-state index is 0.796. The minimum Gasteiger partial charge on any atom is -0.242 e. The highest BCUT2D eigenvalue weighted by Crippen LogP contribution is 2.43. The summed E-state index contributed by atoms with van der Waals surface area (Å²) in [5.41, 5.74) is 15.7. The smallest absolute Gasteiger partial charge is 0.143 e. The van der Waals surface area contributed by atoms with Crippen molar-refractivity contribution in [2.75, 3.05) is 0 Å². The van der Waals surface area contributed by atoms with Gasteiger partial charge in [-0.15, -0.1) is 204 Å². The zero-order chi connectivity index (χ0) is 59.2. The summed E-state index contributed by atoms with van der Waals surface area (Å²) in [6, 6.07) is 0. The molecule has 0 N–H and O–H groups in total. The van der Waals surface area contributed by atoms with Gasteiger partial charge in [-0.3, -0.25) is 0 Å². The van der Waals surface area contributed by atoms with E-state index in [1.165, 1.54) is 11.3 Å². The van der Waals surface area contributed by atoms with Crippen molar-refractivity contribution >= 4 is 204 Å². The third-order valence-corrected chi connectivity index (χ3v) is 27.8. The van der Waals surface area contributed by atoms with Gasteiger partial charge in [-0.25, -0.2) is 89.7 Å². The second-order valence-corrected chi connectivity index (χ2v) is 33.6. The molecular formula is C54H19N18S18. The summed E-state index contributed by atoms with van der Waals surface area (Å²) in [4.78, 5) is 87.4. The third-order valence-electron chi connectivity index (χ3n) is 12.6. The number of hydrogen-bond acceptors (Lipinski definition) is 36. The first kappa shape index (κ1) is 56.1. The van der Waals surface area contributed by atoms with E-state index in [4.69, 9.17) is 79.7 Å². The summed E-state index contributed by atoms with van der Waals surface area (Å²) in [6.07, 6.45) is 2.86. The quantitative estimate of drug-likeness (QED) is 0.0824. The van der Waals surface area contributed by atoms with Crippen LogP contribution in [0.15, 0.2) is 102 Å². The Hall–Kier alpha value is -6.66. The van der Waals surface area contributed by atoms with Crippen LogP contribution >= 0.6 is 204 Å². The standard InChI is InChI=1S/C54H19N18S18/c1-2-74-38(55-1)22-4-76-40(57-22)24-6-78-42(59-24)26-8-80-44(61-26)28-10-82-46(63-28)30-12-84-48(65-30)32-14-86-50(67-32)34-16-88-52(69-34)36-18-90-54(71-36)37-19-89-53(72-37)35-17-87-51(70-35)33-15-85-49(68-33)31-13-83-47(66-31)29-11-81-45(64-29)27-9-79-43(62-27)25-7-77-41(60-25)23-5-75-39(58-23)21-3-73-20-56-21/h2-20H. The van der Waals surface area contributed by atoms with Gasteiger partial charge in [0.15, 0.2) is 0 Å². The number of rotatable bonds is 17. The van der Waals surface area contributed by atoms with Gasteiger partial charge >= 0.3 is 0 Å². The molecule has 18 rings (SSSR count). The zero-order valence-electron chi connectivity index (χ0n) is 43.9. The van der Waals surface area contributed by atoms with E-state index in [0.29, 0.717) is 0 Å². The van der Waals surface area contributed by atoms with Crippen LogP contribution in [0.2, 0.25) is 0 Å². The first-order valence-corrected chi connectivity index (χ1v) is 41.4. The number of aromatic nitrogens is 18. The Morgan fingerprint density at radius 3 is 0.489 bits per heavy atom. The van der Waals surface area contributed by atoms with Crippen molar-refractivity contribution in [2.24, 2.45) is 0 Å². The lowest BCUT2D eigenvalue weighted by Gasteiger charge is -1.91. The third kappa shape index (κ3) is 10.9. The van der Waals surface area contributed by atoms with Crippen LogP contribution in [0.5, 0.6) is 0 Å². The molecule has 0 unspecified atom stereocenters. The van der Waals surface area contributed by atoms with Crippen LogP contribution in [0.4, 0.5) is 0 Å². The summed E-state index contributed by atoms with van der Waals surface area (Å²) >= 11 is 27.9. The van der Waals surface area contributed by atoms with E-state index in [1.807, 2.05) is 102 Å². The molecule has 0 saturated carbocycles. The summed E-state index contributed by atoms with van der Waals surface area (Å²) in [5.74, 6) is 0. The molecule has 433 valence electrons. The van der Waals surface area contributed by atoms with Crippen LogP contribution in [0.3, 0.4) is 0 Å². The van der Waals surface area contributed by atoms with Gasteiger partial charge in [-0.2, -0.15) is 0 Å². The first-order chi connectivity index (χ1) is 44.4. The summed E-state index contributed by atoms with van der Waals surface area (Å²) < 4.78 is 0. The van der Waals surface area contributed by atoms with Crippen molar-refractivity contribution in [1.29, 1.82) is 0 Å². The Morgan fingerprint density at radius 2 is 0.344 bits per heavy atom. The average molecular weight is 1500 g/mol. The SMILES string of the molecule is [c]1csc(-c2csc(-c3csc(-c4csc(-c5csc(-c6csc(-c7csc(-c8csc(-c9csc(-c%10csc(-c%11csc(-c%12csc(-c%13csc(-c%14csc(-c%15csc(-c%16csc(-c%17csc(-c%18cscn%18)n%17)n%16)n%15)n%14)n%13)n%12)n%11)n%10)n9)n8)n7)n6)n5)n4)n3)n2)n1. The molecule has 18 aromatic rings. The van der Waals surface area contributed by atoms with E-state index in [2.05, 4.69) is 16.2 Å². The van der Waals surface area contributed by atoms with Crippen molar-refractivity contribution in [2.45, 2.75) is 0 Å². The van der Waals surface area contributed by atoms with Crippen LogP contribution in [0.25, 0.3) is 182 Å². The zero-order valence-corrected chi connectivity index (χ0v) is 58.6. The summed E-state index contributed by atoms with van der Waals surface area (Å²) in [5, 5.41) is 50.4. The van der Waals surface area contributed by atoms with E-state index in [-0.39, 0.29) is 0 Å². The van der Waals surface area contributed by atoms with Gasteiger partial charge in [0.05, 0.1) is 5.51 Å². The van der Waals surface area contributed by atoms with Crippen LogP contribution < -0.4 is 0 Å². The lowest BCUT2D eigenvalue weighted by Crippen LogP contribution is -1.83. The van der Waals surface area contributed by atoms with Crippen LogP contribution in [-0.2, 0) is 0 Å². The average Bonchev–Trinajstić information content (AvgIpc) is 4.50. The van der Waals surface area contributed by atoms with E-state index in [9.17, 15) is 0 Å². The molecule has 18 heterocycles. The Bertz CT molecular complexity index is 5190. The van der Waals surface area contributed by atoms with Gasteiger partial charge in [-0.1, -0.05) is 0 Å². The molecule has 0 aliphatic heterocycles. The summed E-state index contributed by atoms with van der Waals surface area (Å²) in [6.45, 7) is 0. The van der Waals surface area contributed by atoms with Crippen molar-refractivity contribution in [3.8, 4) is 182 Å². The maximum atomic E-state index is 4.98. The molecule has 0 aromatic carbocycles. The van der Waals surface area contributed by atoms with E-state index in [1.54, 1.807) is 193 Å². The second kappa shape index (κ2) is 23.8. The molecule has 18 aromatic heterocycles. The Labute approximate surface area is 577 Å². The maximum absolute atomic E-state index is 4.98. The molecular weight excluding hydrogens is 1480 g/mol. The molecule has 18 nitrogen and oxygen atoms in total. The molecule has 0 saturated heterocycles. The summed E-state index contributed by atoms with van der Waals surface area (Å²) in [7, 11) is 0. The van der Waals surface area contributed by atoms with Crippen molar-refractivity contribution in [3.05, 3.63) is 109 Å². The van der Waals surface area contributed by atoms with Gasteiger partial charge in [-0.05, 0) is 0 Å². The van der Waals surface area contributed by atoms with Gasteiger partial charge in [0.1, 0.15) is 188 Å². The minimum absolute atomic E-state index is 0.796. The topological polar surface area (TPSA) is 232 Å².